The predicted molar refractivity (Wildman–Crippen MR) is 70.7 cm³/mol. The minimum absolute atomic E-state index is 0.0317. The minimum atomic E-state index is -0.786. The molecule has 0 bridgehead atoms. The molecule has 20 heavy (non-hydrogen) atoms. The zero-order chi connectivity index (χ0) is 14.7. The molecule has 1 unspecified atom stereocenters. The van der Waals surface area contributed by atoms with E-state index in [1.54, 1.807) is 13.0 Å². The summed E-state index contributed by atoms with van der Waals surface area (Å²) in [4.78, 5) is 32.4. The van der Waals surface area contributed by atoms with Gasteiger partial charge in [0.05, 0.1) is 7.11 Å². The van der Waals surface area contributed by atoms with Crippen molar-refractivity contribution in [1.29, 1.82) is 0 Å². The van der Waals surface area contributed by atoms with Gasteiger partial charge in [-0.1, -0.05) is 0 Å². The topological polar surface area (TPSA) is 92.6 Å². The first-order valence-electron chi connectivity index (χ1n) is 6.40. The van der Waals surface area contributed by atoms with Gasteiger partial charge in [0.15, 0.2) is 0 Å². The molecular formula is C13H17N3O4. The Morgan fingerprint density at radius 1 is 1.50 bits per heavy atom. The SMILES string of the molecule is COC(=O)c1nc(C)cc(N2CCC(CC(=O)O)C2)n1. The highest BCUT2D eigenvalue weighted by Gasteiger charge is 2.26. The number of carboxylic acids is 1. The number of carbonyl (C=O) groups is 2. The maximum Gasteiger partial charge on any atom is 0.376 e. The maximum atomic E-state index is 11.5. The third kappa shape index (κ3) is 3.23. The van der Waals surface area contributed by atoms with Crippen LogP contribution in [-0.4, -0.2) is 47.2 Å². The molecule has 1 saturated heterocycles. The highest BCUT2D eigenvalue weighted by Crippen LogP contribution is 2.24. The van der Waals surface area contributed by atoms with Crippen LogP contribution in [0.2, 0.25) is 0 Å². The molecule has 7 nitrogen and oxygen atoms in total. The van der Waals surface area contributed by atoms with Crippen LogP contribution < -0.4 is 4.90 Å². The van der Waals surface area contributed by atoms with Crippen molar-refractivity contribution in [3.8, 4) is 0 Å². The summed E-state index contributed by atoms with van der Waals surface area (Å²) in [5, 5.41) is 8.82. The smallest absolute Gasteiger partial charge is 0.376 e. The number of carboxylic acid groups (broad SMARTS) is 1. The number of ether oxygens (including phenoxy) is 1. The van der Waals surface area contributed by atoms with Crippen LogP contribution in [0.15, 0.2) is 6.07 Å². The summed E-state index contributed by atoms with van der Waals surface area (Å²) < 4.78 is 4.62. The number of nitrogens with zero attached hydrogens (tertiary/aromatic N) is 3. The number of rotatable bonds is 4. The number of aromatic nitrogens is 2. The molecule has 0 radical (unpaired) electrons. The summed E-state index contributed by atoms with van der Waals surface area (Å²) in [6, 6.07) is 1.79. The fraction of sp³-hybridized carbons (Fsp3) is 0.538. The van der Waals surface area contributed by atoms with Crippen molar-refractivity contribution in [2.45, 2.75) is 19.8 Å². The van der Waals surface area contributed by atoms with Crippen LogP contribution in [-0.2, 0) is 9.53 Å². The summed E-state index contributed by atoms with van der Waals surface area (Å²) in [6.45, 7) is 3.14. The van der Waals surface area contributed by atoms with Crippen molar-refractivity contribution >= 4 is 17.8 Å². The largest absolute Gasteiger partial charge is 0.481 e. The van der Waals surface area contributed by atoms with Gasteiger partial charge in [-0.05, 0) is 19.3 Å². The Balaban J connectivity index is 2.15. The van der Waals surface area contributed by atoms with E-state index in [0.717, 1.165) is 13.0 Å². The first kappa shape index (κ1) is 14.2. The quantitative estimate of drug-likeness (QED) is 0.817. The Kier molecular flexibility index (Phi) is 4.16. The lowest BCUT2D eigenvalue weighted by molar-refractivity contribution is -0.137. The molecule has 0 aromatic carbocycles. The summed E-state index contributed by atoms with van der Waals surface area (Å²) in [7, 11) is 1.28. The molecule has 108 valence electrons. The third-order valence-electron chi connectivity index (χ3n) is 3.28. The average Bonchev–Trinajstić information content (AvgIpc) is 2.84. The summed E-state index contributed by atoms with van der Waals surface area (Å²) >= 11 is 0. The van der Waals surface area contributed by atoms with Crippen molar-refractivity contribution in [2.75, 3.05) is 25.1 Å². The molecule has 0 saturated carbocycles. The number of aliphatic carboxylic acids is 1. The molecule has 2 rings (SSSR count). The van der Waals surface area contributed by atoms with Crippen molar-refractivity contribution < 1.29 is 19.4 Å². The molecule has 7 heteroatoms. The van der Waals surface area contributed by atoms with E-state index in [4.69, 9.17) is 5.11 Å². The fourth-order valence-electron chi connectivity index (χ4n) is 2.35. The Hall–Kier alpha value is -2.18. The zero-order valence-corrected chi connectivity index (χ0v) is 11.5. The molecule has 1 aliphatic heterocycles. The highest BCUT2D eigenvalue weighted by atomic mass is 16.5. The minimum Gasteiger partial charge on any atom is -0.481 e. The Labute approximate surface area is 116 Å². The lowest BCUT2D eigenvalue weighted by Crippen LogP contribution is -2.23. The van der Waals surface area contributed by atoms with Crippen LogP contribution in [0.25, 0.3) is 0 Å². The molecule has 2 heterocycles. The van der Waals surface area contributed by atoms with Gasteiger partial charge in [0.1, 0.15) is 5.82 Å². The van der Waals surface area contributed by atoms with Crippen molar-refractivity contribution in [2.24, 2.45) is 5.92 Å². The molecule has 1 aliphatic rings. The maximum absolute atomic E-state index is 11.5. The van der Waals surface area contributed by atoms with Gasteiger partial charge in [-0.25, -0.2) is 14.8 Å². The number of aryl methyl sites for hydroxylation is 1. The lowest BCUT2D eigenvalue weighted by Gasteiger charge is -2.18. The third-order valence-corrected chi connectivity index (χ3v) is 3.28. The fourth-order valence-corrected chi connectivity index (χ4v) is 2.35. The lowest BCUT2D eigenvalue weighted by atomic mass is 10.1. The van der Waals surface area contributed by atoms with Gasteiger partial charge in [-0.15, -0.1) is 0 Å². The van der Waals surface area contributed by atoms with Crippen LogP contribution in [0, 0.1) is 12.8 Å². The second-order valence-corrected chi connectivity index (χ2v) is 4.88. The molecule has 0 amide bonds. The predicted octanol–water partition coefficient (Wildman–Crippen LogP) is 0.873. The Bertz CT molecular complexity index is 532. The van der Waals surface area contributed by atoms with Gasteiger partial charge < -0.3 is 14.7 Å². The van der Waals surface area contributed by atoms with E-state index in [9.17, 15) is 9.59 Å². The molecule has 0 aliphatic carbocycles. The highest BCUT2D eigenvalue weighted by molar-refractivity contribution is 5.85. The van der Waals surface area contributed by atoms with Crippen LogP contribution in [0.5, 0.6) is 0 Å². The van der Waals surface area contributed by atoms with Gasteiger partial charge in [-0.2, -0.15) is 0 Å². The number of esters is 1. The van der Waals surface area contributed by atoms with Crippen LogP contribution in [0.4, 0.5) is 5.82 Å². The van der Waals surface area contributed by atoms with Gasteiger partial charge in [-0.3, -0.25) is 4.79 Å². The summed E-state index contributed by atoms with van der Waals surface area (Å²) in [6.07, 6.45) is 0.966. The van der Waals surface area contributed by atoms with E-state index in [1.807, 2.05) is 4.90 Å². The molecule has 1 N–H and O–H groups in total. The second-order valence-electron chi connectivity index (χ2n) is 4.88. The molecule has 1 aromatic heterocycles. The van der Waals surface area contributed by atoms with Gasteiger partial charge >= 0.3 is 11.9 Å². The number of carbonyl (C=O) groups excluding carboxylic acids is 1. The van der Waals surface area contributed by atoms with E-state index in [2.05, 4.69) is 14.7 Å². The Morgan fingerprint density at radius 2 is 2.25 bits per heavy atom. The molecule has 1 aromatic rings. The van der Waals surface area contributed by atoms with E-state index in [0.29, 0.717) is 18.1 Å². The first-order valence-corrected chi connectivity index (χ1v) is 6.40. The molecule has 1 fully saturated rings. The number of hydrogen-bond acceptors (Lipinski definition) is 6. The van der Waals surface area contributed by atoms with E-state index >= 15 is 0 Å². The van der Waals surface area contributed by atoms with Crippen LogP contribution in [0.3, 0.4) is 0 Å². The monoisotopic (exact) mass is 279 g/mol. The number of methoxy groups -OCH3 is 1. The van der Waals surface area contributed by atoms with Gasteiger partial charge in [0, 0.05) is 31.3 Å². The zero-order valence-electron chi connectivity index (χ0n) is 11.5. The van der Waals surface area contributed by atoms with Gasteiger partial charge in [0.2, 0.25) is 5.82 Å². The van der Waals surface area contributed by atoms with E-state index < -0.39 is 11.9 Å². The average molecular weight is 279 g/mol. The van der Waals surface area contributed by atoms with Gasteiger partial charge in [0.25, 0.3) is 0 Å². The normalized spacial score (nSPS) is 18.1. The Morgan fingerprint density at radius 3 is 2.90 bits per heavy atom. The van der Waals surface area contributed by atoms with Crippen LogP contribution in [0.1, 0.15) is 29.2 Å². The first-order chi connectivity index (χ1) is 9.49. The van der Waals surface area contributed by atoms with Crippen LogP contribution >= 0.6 is 0 Å². The second kappa shape index (κ2) is 5.85. The standard InChI is InChI=1S/C13H17N3O4/c1-8-5-10(15-12(14-8)13(19)20-2)16-4-3-9(7-16)6-11(17)18/h5,9H,3-4,6-7H2,1-2H3,(H,17,18). The van der Waals surface area contributed by atoms with E-state index in [-0.39, 0.29) is 18.2 Å². The summed E-state index contributed by atoms with van der Waals surface area (Å²) in [5.74, 6) is -0.568. The van der Waals surface area contributed by atoms with Crippen molar-refractivity contribution in [1.82, 2.24) is 9.97 Å². The molecular weight excluding hydrogens is 262 g/mol. The molecule has 1 atom stereocenters. The number of anilines is 1. The number of hydrogen-bond donors (Lipinski definition) is 1. The molecule has 0 spiro atoms. The van der Waals surface area contributed by atoms with Crippen molar-refractivity contribution in [3.63, 3.8) is 0 Å². The van der Waals surface area contributed by atoms with E-state index in [1.165, 1.54) is 7.11 Å². The van der Waals surface area contributed by atoms with Crippen molar-refractivity contribution in [3.05, 3.63) is 17.6 Å². The summed E-state index contributed by atoms with van der Waals surface area (Å²) in [5.41, 5.74) is 0.678.